The highest BCUT2D eigenvalue weighted by atomic mass is 16.5. The van der Waals surface area contributed by atoms with Gasteiger partial charge in [0, 0.05) is 11.8 Å². The fourth-order valence-electron chi connectivity index (χ4n) is 3.16. The van der Waals surface area contributed by atoms with Gasteiger partial charge < -0.3 is 19.6 Å². The summed E-state index contributed by atoms with van der Waals surface area (Å²) in [4.78, 5) is 27.9. The van der Waals surface area contributed by atoms with Crippen molar-refractivity contribution in [3.8, 4) is 22.8 Å². The van der Waals surface area contributed by atoms with Crippen molar-refractivity contribution in [3.63, 3.8) is 0 Å². The number of H-pyrrole nitrogens is 1. The number of phenolic OH excluding ortho intramolecular Hbond substituents is 1. The molecule has 0 aliphatic carbocycles. The molecule has 0 amide bonds. The van der Waals surface area contributed by atoms with Crippen LogP contribution in [-0.4, -0.2) is 22.5 Å². The molecule has 3 rings (SSSR count). The molecule has 0 spiro atoms. The van der Waals surface area contributed by atoms with E-state index in [2.05, 4.69) is 4.98 Å². The zero-order chi connectivity index (χ0) is 17.5. The first-order valence-corrected chi connectivity index (χ1v) is 7.73. The van der Waals surface area contributed by atoms with Crippen molar-refractivity contribution in [3.05, 3.63) is 57.9 Å². The molecule has 5 nitrogen and oxygen atoms in total. The molecule has 2 aromatic rings. The molecule has 2 N–H and O–H groups in total. The van der Waals surface area contributed by atoms with Crippen LogP contribution >= 0.6 is 0 Å². The maximum atomic E-state index is 13.0. The number of aldehydes is 1. The molecule has 2 atom stereocenters. The molecule has 5 heteroatoms. The third-order valence-electron chi connectivity index (χ3n) is 4.66. The molecule has 0 saturated heterocycles. The number of pyridine rings is 1. The second-order valence-electron chi connectivity index (χ2n) is 6.21. The molecular weight excluding hydrogens is 306 g/mol. The molecule has 1 aliphatic heterocycles. The lowest BCUT2D eigenvalue weighted by Crippen LogP contribution is -2.40. The fraction of sp³-hybridized carbons (Fsp3) is 0.263. The molecule has 1 aliphatic rings. The van der Waals surface area contributed by atoms with E-state index in [-0.39, 0.29) is 11.2 Å². The van der Waals surface area contributed by atoms with Gasteiger partial charge in [0.2, 0.25) is 0 Å². The Morgan fingerprint density at radius 2 is 2.00 bits per heavy atom. The minimum absolute atomic E-state index is 0.126. The number of benzene rings is 1. The maximum absolute atomic E-state index is 13.0. The normalized spacial score (nSPS) is 22.8. The Hall–Kier alpha value is -2.82. The van der Waals surface area contributed by atoms with E-state index in [0.717, 1.165) is 11.9 Å². The Kier molecular flexibility index (Phi) is 3.79. The highest BCUT2D eigenvalue weighted by Crippen LogP contribution is 2.42. The van der Waals surface area contributed by atoms with Crippen LogP contribution in [0.25, 0.3) is 11.1 Å². The van der Waals surface area contributed by atoms with Gasteiger partial charge in [-0.3, -0.25) is 4.79 Å². The molecule has 2 unspecified atom stereocenters. The van der Waals surface area contributed by atoms with Crippen LogP contribution in [0.2, 0.25) is 0 Å². The zero-order valence-corrected chi connectivity index (χ0v) is 13.8. The highest BCUT2D eigenvalue weighted by molar-refractivity contribution is 5.76. The molecule has 0 radical (unpaired) electrons. The van der Waals surface area contributed by atoms with E-state index >= 15 is 0 Å². The quantitative estimate of drug-likeness (QED) is 0.672. The summed E-state index contributed by atoms with van der Waals surface area (Å²) in [6.45, 7) is 5.47. The number of carbonyl (C=O) groups is 1. The first-order valence-electron chi connectivity index (χ1n) is 7.73. The summed E-state index contributed by atoms with van der Waals surface area (Å²) in [6.07, 6.45) is 3.73. The number of fused-ring (bicyclic) bond motifs is 1. The number of ether oxygens (including phenoxy) is 1. The van der Waals surface area contributed by atoms with Crippen LogP contribution in [0.3, 0.4) is 0 Å². The van der Waals surface area contributed by atoms with Crippen LogP contribution < -0.4 is 10.2 Å². The van der Waals surface area contributed by atoms with Crippen LogP contribution in [0.15, 0.2) is 46.9 Å². The summed E-state index contributed by atoms with van der Waals surface area (Å²) in [5, 5.41) is 9.41. The van der Waals surface area contributed by atoms with Gasteiger partial charge in [-0.05, 0) is 44.0 Å². The van der Waals surface area contributed by atoms with Gasteiger partial charge in [-0.1, -0.05) is 18.2 Å². The lowest BCUT2D eigenvalue weighted by molar-refractivity contribution is -0.113. The average molecular weight is 325 g/mol. The molecule has 1 aromatic carbocycles. The van der Waals surface area contributed by atoms with Crippen LogP contribution in [0.5, 0.6) is 11.6 Å². The minimum atomic E-state index is -1.05. The van der Waals surface area contributed by atoms with Gasteiger partial charge in [-0.25, -0.2) is 0 Å². The van der Waals surface area contributed by atoms with E-state index in [0.29, 0.717) is 22.6 Å². The molecule has 0 saturated carbocycles. The van der Waals surface area contributed by atoms with Crippen molar-refractivity contribution in [1.82, 2.24) is 4.98 Å². The van der Waals surface area contributed by atoms with E-state index < -0.39 is 11.5 Å². The first kappa shape index (κ1) is 16.1. The second kappa shape index (κ2) is 5.67. The van der Waals surface area contributed by atoms with Crippen LogP contribution in [0, 0.1) is 0 Å². The van der Waals surface area contributed by atoms with Crippen molar-refractivity contribution >= 4 is 6.29 Å². The SMILES string of the molecule is CC=C(C)C1Oc2[nH]cc(-c3ccc(O)cc3)c(=O)c2C1(C)C=O. The van der Waals surface area contributed by atoms with Gasteiger partial charge in [-0.2, -0.15) is 0 Å². The van der Waals surface area contributed by atoms with Crippen molar-refractivity contribution in [1.29, 1.82) is 0 Å². The number of carbonyl (C=O) groups excluding carboxylic acids is 1. The summed E-state index contributed by atoms with van der Waals surface area (Å²) in [7, 11) is 0. The van der Waals surface area contributed by atoms with Gasteiger partial charge in [0.05, 0.1) is 11.0 Å². The monoisotopic (exact) mass is 325 g/mol. The van der Waals surface area contributed by atoms with Crippen LogP contribution in [0.1, 0.15) is 26.3 Å². The third kappa shape index (κ3) is 2.24. The van der Waals surface area contributed by atoms with Crippen LogP contribution in [-0.2, 0) is 10.2 Å². The lowest BCUT2D eigenvalue weighted by atomic mass is 9.77. The van der Waals surface area contributed by atoms with Crippen LogP contribution in [0.4, 0.5) is 0 Å². The number of aromatic hydroxyl groups is 1. The topological polar surface area (TPSA) is 79.4 Å². The Labute approximate surface area is 139 Å². The van der Waals surface area contributed by atoms with Gasteiger partial charge in [0.15, 0.2) is 11.3 Å². The van der Waals surface area contributed by atoms with Crippen molar-refractivity contribution in [2.45, 2.75) is 32.3 Å². The van der Waals surface area contributed by atoms with Gasteiger partial charge in [0.25, 0.3) is 0 Å². The molecule has 2 heterocycles. The fourth-order valence-corrected chi connectivity index (χ4v) is 3.16. The molecule has 1 aromatic heterocycles. The van der Waals surface area contributed by atoms with Crippen molar-refractivity contribution in [2.75, 3.05) is 0 Å². The smallest absolute Gasteiger partial charge is 0.199 e. The highest BCUT2D eigenvalue weighted by Gasteiger charge is 2.49. The maximum Gasteiger partial charge on any atom is 0.199 e. The number of rotatable bonds is 3. The number of allylic oxidation sites excluding steroid dienone is 1. The zero-order valence-electron chi connectivity index (χ0n) is 13.8. The van der Waals surface area contributed by atoms with Crippen molar-refractivity contribution in [2.24, 2.45) is 0 Å². The van der Waals surface area contributed by atoms with E-state index in [1.165, 1.54) is 12.1 Å². The number of hydrogen-bond acceptors (Lipinski definition) is 4. The van der Waals surface area contributed by atoms with Gasteiger partial charge in [-0.15, -0.1) is 0 Å². The largest absolute Gasteiger partial charge is 0.508 e. The number of hydrogen-bond donors (Lipinski definition) is 2. The Bertz CT molecular complexity index is 879. The molecule has 0 bridgehead atoms. The Morgan fingerprint density at radius 3 is 2.58 bits per heavy atom. The van der Waals surface area contributed by atoms with E-state index in [9.17, 15) is 14.7 Å². The molecule has 24 heavy (non-hydrogen) atoms. The van der Waals surface area contributed by atoms with E-state index in [1.807, 2.05) is 19.9 Å². The molecule has 0 fully saturated rings. The number of nitrogens with one attached hydrogen (secondary N) is 1. The van der Waals surface area contributed by atoms with Gasteiger partial charge >= 0.3 is 0 Å². The summed E-state index contributed by atoms with van der Waals surface area (Å²) >= 11 is 0. The number of aromatic amines is 1. The Morgan fingerprint density at radius 1 is 1.33 bits per heavy atom. The standard InChI is InChI=1S/C19H19NO4/c1-4-11(2)17-19(3,10-21)15-16(23)14(9-20-18(15)24-17)12-5-7-13(22)8-6-12/h4-10,17,22H,1-3H3,(H,20,23). The van der Waals surface area contributed by atoms with E-state index in [1.54, 1.807) is 25.3 Å². The minimum Gasteiger partial charge on any atom is -0.508 e. The number of phenols is 1. The Balaban J connectivity index is 2.21. The van der Waals surface area contributed by atoms with Gasteiger partial charge in [0.1, 0.15) is 18.1 Å². The lowest BCUT2D eigenvalue weighted by Gasteiger charge is -2.24. The average Bonchev–Trinajstić information content (AvgIpc) is 2.90. The second-order valence-corrected chi connectivity index (χ2v) is 6.21. The summed E-state index contributed by atoms with van der Waals surface area (Å²) in [6, 6.07) is 6.36. The first-order chi connectivity index (χ1) is 11.4. The predicted octanol–water partition coefficient (Wildman–Crippen LogP) is 2.93. The summed E-state index contributed by atoms with van der Waals surface area (Å²) in [5.41, 5.74) is 1.04. The van der Waals surface area contributed by atoms with Crippen molar-refractivity contribution < 1.29 is 14.6 Å². The third-order valence-corrected chi connectivity index (χ3v) is 4.66. The van der Waals surface area contributed by atoms with E-state index in [4.69, 9.17) is 4.74 Å². The predicted molar refractivity (Wildman–Crippen MR) is 91.4 cm³/mol. The molecular formula is C19H19NO4. The summed E-state index contributed by atoms with van der Waals surface area (Å²) in [5.74, 6) is 0.463. The summed E-state index contributed by atoms with van der Waals surface area (Å²) < 4.78 is 5.86. The molecule has 124 valence electrons. The number of aromatic nitrogens is 1.